The molecule has 0 aliphatic rings. The fraction of sp³-hybridized carbons (Fsp3) is 0.333. The van der Waals surface area contributed by atoms with E-state index in [9.17, 15) is 5.11 Å². The fourth-order valence-electron chi connectivity index (χ4n) is 1.85. The van der Waals surface area contributed by atoms with Crippen LogP contribution in [0.25, 0.3) is 0 Å². The van der Waals surface area contributed by atoms with Gasteiger partial charge in [0.1, 0.15) is 5.15 Å². The van der Waals surface area contributed by atoms with Crippen molar-refractivity contribution in [3.8, 4) is 0 Å². The summed E-state index contributed by atoms with van der Waals surface area (Å²) >= 11 is 9.44. The Balaban J connectivity index is 2.21. The van der Waals surface area contributed by atoms with Gasteiger partial charge in [-0.25, -0.2) is 0 Å². The summed E-state index contributed by atoms with van der Waals surface area (Å²) in [7, 11) is 1.75. The molecule has 0 radical (unpaired) electrons. The molecule has 1 unspecified atom stereocenters. The zero-order chi connectivity index (χ0) is 13.3. The van der Waals surface area contributed by atoms with Crippen LogP contribution in [0.5, 0.6) is 0 Å². The number of aryl methyl sites for hydroxylation is 2. The number of pyridine rings is 1. The first-order chi connectivity index (χ1) is 8.49. The van der Waals surface area contributed by atoms with Gasteiger partial charge in [-0.15, -0.1) is 0 Å². The quantitative estimate of drug-likeness (QED) is 0.941. The molecule has 2 heterocycles. The van der Waals surface area contributed by atoms with Gasteiger partial charge in [0.05, 0.1) is 11.8 Å². The SMILES string of the molecule is Cc1nn(C)c(Cl)c1C(O)Cc1ccc(Br)cn1. The standard InChI is InChI=1S/C12H13BrClN3O/c1-7-11(12(14)17(2)16-7)10(18)5-9-4-3-8(13)6-15-9/h3-4,6,10,18H,5H2,1-2H3. The minimum atomic E-state index is -0.695. The maximum absolute atomic E-state index is 10.2. The van der Waals surface area contributed by atoms with Crippen LogP contribution in [0.1, 0.15) is 23.1 Å². The zero-order valence-electron chi connectivity index (χ0n) is 10.1. The Labute approximate surface area is 119 Å². The smallest absolute Gasteiger partial charge is 0.132 e. The minimum absolute atomic E-state index is 0.416. The van der Waals surface area contributed by atoms with Crippen LogP contribution in [0.4, 0.5) is 0 Å². The summed E-state index contributed by atoms with van der Waals surface area (Å²) in [5, 5.41) is 14.9. The lowest BCUT2D eigenvalue weighted by Crippen LogP contribution is -2.04. The van der Waals surface area contributed by atoms with Crippen molar-refractivity contribution in [2.45, 2.75) is 19.4 Å². The van der Waals surface area contributed by atoms with Crippen LogP contribution in [0.15, 0.2) is 22.8 Å². The highest BCUT2D eigenvalue weighted by Gasteiger charge is 2.20. The molecule has 0 saturated heterocycles. The van der Waals surface area contributed by atoms with Crippen LogP contribution < -0.4 is 0 Å². The van der Waals surface area contributed by atoms with Crippen molar-refractivity contribution in [3.05, 3.63) is 44.9 Å². The summed E-state index contributed by atoms with van der Waals surface area (Å²) < 4.78 is 2.47. The third-order valence-electron chi connectivity index (χ3n) is 2.72. The number of aliphatic hydroxyl groups is 1. The monoisotopic (exact) mass is 329 g/mol. The highest BCUT2D eigenvalue weighted by Crippen LogP contribution is 2.27. The van der Waals surface area contributed by atoms with E-state index >= 15 is 0 Å². The first-order valence-corrected chi connectivity index (χ1v) is 6.63. The Morgan fingerprint density at radius 2 is 2.22 bits per heavy atom. The second kappa shape index (κ2) is 5.38. The fourth-order valence-corrected chi connectivity index (χ4v) is 2.39. The van der Waals surface area contributed by atoms with Gasteiger partial charge in [0.2, 0.25) is 0 Å². The van der Waals surface area contributed by atoms with Crippen molar-refractivity contribution in [1.82, 2.24) is 14.8 Å². The molecule has 2 aromatic heterocycles. The van der Waals surface area contributed by atoms with E-state index in [1.54, 1.807) is 17.9 Å². The van der Waals surface area contributed by atoms with Gasteiger partial charge in [0.25, 0.3) is 0 Å². The third-order valence-corrected chi connectivity index (χ3v) is 3.64. The Morgan fingerprint density at radius 1 is 1.50 bits per heavy atom. The Kier molecular flexibility index (Phi) is 4.04. The summed E-state index contributed by atoms with van der Waals surface area (Å²) in [6.45, 7) is 1.83. The second-order valence-corrected chi connectivity index (χ2v) is 5.37. The van der Waals surface area contributed by atoms with E-state index < -0.39 is 6.10 Å². The van der Waals surface area contributed by atoms with Crippen LogP contribution in [-0.2, 0) is 13.5 Å². The van der Waals surface area contributed by atoms with Gasteiger partial charge in [0, 0.05) is 35.4 Å². The number of aliphatic hydroxyl groups excluding tert-OH is 1. The van der Waals surface area contributed by atoms with E-state index in [-0.39, 0.29) is 0 Å². The molecule has 6 heteroatoms. The number of halogens is 2. The molecule has 0 aromatic carbocycles. The highest BCUT2D eigenvalue weighted by molar-refractivity contribution is 9.10. The van der Waals surface area contributed by atoms with Crippen molar-refractivity contribution < 1.29 is 5.11 Å². The Hall–Kier alpha value is -0.910. The van der Waals surface area contributed by atoms with Gasteiger partial charge in [-0.1, -0.05) is 11.6 Å². The van der Waals surface area contributed by atoms with Crippen molar-refractivity contribution in [2.24, 2.45) is 7.05 Å². The van der Waals surface area contributed by atoms with Gasteiger partial charge in [-0.2, -0.15) is 5.10 Å². The highest BCUT2D eigenvalue weighted by atomic mass is 79.9. The van der Waals surface area contributed by atoms with E-state index in [0.717, 1.165) is 15.9 Å². The largest absolute Gasteiger partial charge is 0.388 e. The van der Waals surface area contributed by atoms with Gasteiger partial charge < -0.3 is 5.11 Å². The molecule has 0 aliphatic heterocycles. The molecule has 0 spiro atoms. The average molecular weight is 331 g/mol. The van der Waals surface area contributed by atoms with Crippen molar-refractivity contribution >= 4 is 27.5 Å². The second-order valence-electron chi connectivity index (χ2n) is 4.10. The van der Waals surface area contributed by atoms with Crippen molar-refractivity contribution in [1.29, 1.82) is 0 Å². The molecule has 0 aliphatic carbocycles. The molecular formula is C12H13BrClN3O. The lowest BCUT2D eigenvalue weighted by Gasteiger charge is -2.10. The van der Waals surface area contributed by atoms with Gasteiger partial charge >= 0.3 is 0 Å². The van der Waals surface area contributed by atoms with Gasteiger partial charge in [-0.05, 0) is 35.0 Å². The van der Waals surface area contributed by atoms with Crippen molar-refractivity contribution in [3.63, 3.8) is 0 Å². The van der Waals surface area contributed by atoms with Crippen LogP contribution >= 0.6 is 27.5 Å². The molecule has 96 valence electrons. The predicted octanol–water partition coefficient (Wildman–Crippen LogP) is 2.82. The van der Waals surface area contributed by atoms with E-state index in [1.165, 1.54) is 0 Å². The number of rotatable bonds is 3. The van der Waals surface area contributed by atoms with Crippen LogP contribution in [-0.4, -0.2) is 19.9 Å². The number of aromatic nitrogens is 3. The normalized spacial score (nSPS) is 12.7. The Bertz CT molecular complexity index is 553. The third kappa shape index (κ3) is 2.74. The molecule has 2 rings (SSSR count). The molecule has 18 heavy (non-hydrogen) atoms. The van der Waals surface area contributed by atoms with E-state index in [1.807, 2.05) is 19.1 Å². The molecule has 0 saturated carbocycles. The van der Waals surface area contributed by atoms with E-state index in [2.05, 4.69) is 26.0 Å². The maximum Gasteiger partial charge on any atom is 0.132 e. The zero-order valence-corrected chi connectivity index (χ0v) is 12.4. The number of hydrogen-bond donors (Lipinski definition) is 1. The maximum atomic E-state index is 10.2. The summed E-state index contributed by atoms with van der Waals surface area (Å²) in [5.41, 5.74) is 2.22. The minimum Gasteiger partial charge on any atom is -0.388 e. The molecule has 0 fully saturated rings. The first-order valence-electron chi connectivity index (χ1n) is 5.46. The molecular weight excluding hydrogens is 318 g/mol. The average Bonchev–Trinajstić information content (AvgIpc) is 2.56. The van der Waals surface area contributed by atoms with Crippen LogP contribution in [0, 0.1) is 6.92 Å². The van der Waals surface area contributed by atoms with E-state index in [4.69, 9.17) is 11.6 Å². The lowest BCUT2D eigenvalue weighted by atomic mass is 10.1. The molecule has 2 aromatic rings. The number of nitrogens with zero attached hydrogens (tertiary/aromatic N) is 3. The molecule has 4 nitrogen and oxygen atoms in total. The van der Waals surface area contributed by atoms with Crippen molar-refractivity contribution in [2.75, 3.05) is 0 Å². The van der Waals surface area contributed by atoms with E-state index in [0.29, 0.717) is 17.1 Å². The lowest BCUT2D eigenvalue weighted by molar-refractivity contribution is 0.176. The first kappa shape index (κ1) is 13.5. The van der Waals surface area contributed by atoms with Gasteiger partial charge in [0.15, 0.2) is 0 Å². The molecule has 0 bridgehead atoms. The summed E-state index contributed by atoms with van der Waals surface area (Å²) in [6, 6.07) is 3.76. The van der Waals surface area contributed by atoms with Gasteiger partial charge in [-0.3, -0.25) is 9.67 Å². The molecule has 1 N–H and O–H groups in total. The molecule has 1 atom stereocenters. The Morgan fingerprint density at radius 3 is 2.72 bits per heavy atom. The topological polar surface area (TPSA) is 50.9 Å². The summed E-state index contributed by atoms with van der Waals surface area (Å²) in [6.07, 6.45) is 1.43. The summed E-state index contributed by atoms with van der Waals surface area (Å²) in [4.78, 5) is 4.23. The summed E-state index contributed by atoms with van der Waals surface area (Å²) in [5.74, 6) is 0. The predicted molar refractivity (Wildman–Crippen MR) is 73.6 cm³/mol. The van der Waals surface area contributed by atoms with Crippen LogP contribution in [0.3, 0.4) is 0 Å². The van der Waals surface area contributed by atoms with Crippen LogP contribution in [0.2, 0.25) is 5.15 Å². The molecule has 0 amide bonds. The number of hydrogen-bond acceptors (Lipinski definition) is 3.